The third kappa shape index (κ3) is 4.26. The van der Waals surface area contributed by atoms with Gasteiger partial charge in [0.15, 0.2) is 0 Å². The summed E-state index contributed by atoms with van der Waals surface area (Å²) in [6.45, 7) is 0. The molecule has 9 rings (SSSR count). The van der Waals surface area contributed by atoms with Crippen LogP contribution < -0.4 is 9.80 Å². The van der Waals surface area contributed by atoms with Crippen molar-refractivity contribution in [2.24, 2.45) is 0 Å². The molecule has 2 heterocycles. The first-order chi connectivity index (χ1) is 22.3. The number of nitrogens with zero attached hydrogens (tertiary/aromatic N) is 3. The zero-order chi connectivity index (χ0) is 29.7. The molecule has 45 heavy (non-hydrogen) atoms. The van der Waals surface area contributed by atoms with Crippen molar-refractivity contribution >= 4 is 44.6 Å². The Morgan fingerprint density at radius 2 is 1.42 bits per heavy atom. The molecule has 0 radical (unpaired) electrons. The summed E-state index contributed by atoms with van der Waals surface area (Å²) in [4.78, 5) is 4.97. The molecule has 3 nitrogen and oxygen atoms in total. The fourth-order valence-corrected chi connectivity index (χ4v) is 7.82. The van der Waals surface area contributed by atoms with Crippen molar-refractivity contribution in [1.29, 1.82) is 0 Å². The quantitative estimate of drug-likeness (QED) is 0.205. The monoisotopic (exact) mass is 581 g/mol. The topological polar surface area (TPSA) is 11.4 Å². The molecule has 3 unspecified atom stereocenters. The van der Waals surface area contributed by atoms with E-state index < -0.39 is 0 Å². The van der Waals surface area contributed by atoms with Gasteiger partial charge in [0.1, 0.15) is 0 Å². The van der Waals surface area contributed by atoms with Gasteiger partial charge in [-0.15, -0.1) is 0 Å². The molecule has 0 fully saturated rings. The van der Waals surface area contributed by atoms with E-state index in [1.165, 1.54) is 50.1 Å². The summed E-state index contributed by atoms with van der Waals surface area (Å²) in [5.41, 5.74) is 10.1. The van der Waals surface area contributed by atoms with Gasteiger partial charge in [-0.2, -0.15) is 0 Å². The van der Waals surface area contributed by atoms with Gasteiger partial charge < -0.3 is 14.4 Å². The first-order valence-electron chi connectivity index (χ1n) is 16.2. The molecule has 0 amide bonds. The van der Waals surface area contributed by atoms with E-state index in [2.05, 4.69) is 172 Å². The summed E-state index contributed by atoms with van der Waals surface area (Å²) >= 11 is 0. The lowest BCUT2D eigenvalue weighted by atomic mass is 9.91. The molecule has 0 saturated heterocycles. The summed E-state index contributed by atoms with van der Waals surface area (Å²) in [5, 5.41) is 2.58. The number of allylic oxidation sites excluding steroid dienone is 9. The van der Waals surface area contributed by atoms with Crippen LogP contribution in [0.1, 0.15) is 36.8 Å². The van der Waals surface area contributed by atoms with Crippen LogP contribution >= 0.6 is 0 Å². The third-order valence-electron chi connectivity index (χ3n) is 9.80. The Kier molecular flexibility index (Phi) is 6.22. The zero-order valence-corrected chi connectivity index (χ0v) is 25.2. The van der Waals surface area contributed by atoms with Gasteiger partial charge in [0.05, 0.1) is 12.1 Å². The Balaban J connectivity index is 1.21. The van der Waals surface area contributed by atoms with Crippen molar-refractivity contribution < 1.29 is 0 Å². The maximum absolute atomic E-state index is 2.54. The molecule has 1 aromatic heterocycles. The van der Waals surface area contributed by atoms with E-state index in [4.69, 9.17) is 0 Å². The van der Waals surface area contributed by atoms with Gasteiger partial charge in [-0.1, -0.05) is 97.2 Å². The number of para-hydroxylation sites is 2. The van der Waals surface area contributed by atoms with Crippen LogP contribution in [-0.2, 0) is 0 Å². The van der Waals surface area contributed by atoms with E-state index in [-0.39, 0.29) is 0 Å². The van der Waals surface area contributed by atoms with E-state index in [1.54, 1.807) is 0 Å². The van der Waals surface area contributed by atoms with Crippen LogP contribution in [0.25, 0.3) is 21.8 Å². The summed E-state index contributed by atoms with van der Waals surface area (Å²) in [5.74, 6) is 0.317. The standard InChI is InChI=1S/C42H35N3/c1-4-14-30(15-5-1)43(33-24-26-41-37(28-33)35-20-10-12-22-39(35)44(41)31-16-6-2-7-17-31)34-25-27-42-38(29-34)36-21-11-13-23-40(36)45(42)32-18-8-3-9-19-32/h1-2,4-8,10-16,18-29,31,36,40H,3,9,17H2. The predicted octanol–water partition coefficient (Wildman–Crippen LogP) is 11.0. The second-order valence-corrected chi connectivity index (χ2v) is 12.4. The highest BCUT2D eigenvalue weighted by atomic mass is 15.2. The van der Waals surface area contributed by atoms with Gasteiger partial charge in [0.2, 0.25) is 0 Å². The second-order valence-electron chi connectivity index (χ2n) is 12.4. The summed E-state index contributed by atoms with van der Waals surface area (Å²) in [6, 6.07) is 34.4. The molecule has 0 bridgehead atoms. The molecular weight excluding hydrogens is 546 g/mol. The van der Waals surface area contributed by atoms with Crippen LogP contribution in [0.5, 0.6) is 0 Å². The highest BCUT2D eigenvalue weighted by molar-refractivity contribution is 6.09. The normalized spacial score (nSPS) is 21.4. The molecule has 3 aliphatic carbocycles. The van der Waals surface area contributed by atoms with Crippen LogP contribution in [-0.4, -0.2) is 10.6 Å². The van der Waals surface area contributed by atoms with Crippen LogP contribution in [0.15, 0.2) is 164 Å². The Morgan fingerprint density at radius 3 is 2.29 bits per heavy atom. The Labute approximate surface area is 264 Å². The fraction of sp³-hybridized carbons (Fsp3) is 0.143. The van der Waals surface area contributed by atoms with E-state index in [1.807, 2.05) is 0 Å². The van der Waals surface area contributed by atoms with Gasteiger partial charge in [-0.3, -0.25) is 0 Å². The van der Waals surface area contributed by atoms with E-state index >= 15 is 0 Å². The lowest BCUT2D eigenvalue weighted by Crippen LogP contribution is -2.31. The van der Waals surface area contributed by atoms with Crippen LogP contribution in [0.4, 0.5) is 22.7 Å². The van der Waals surface area contributed by atoms with Crippen LogP contribution in [0.3, 0.4) is 0 Å². The maximum atomic E-state index is 2.54. The summed E-state index contributed by atoms with van der Waals surface area (Å²) in [7, 11) is 0. The molecule has 0 spiro atoms. The molecule has 3 heteroatoms. The fourth-order valence-electron chi connectivity index (χ4n) is 7.82. The number of aromatic nitrogens is 1. The van der Waals surface area contributed by atoms with E-state index in [9.17, 15) is 0 Å². The number of hydrogen-bond donors (Lipinski definition) is 0. The van der Waals surface area contributed by atoms with E-state index in [0.29, 0.717) is 18.0 Å². The molecular formula is C42H35N3. The van der Waals surface area contributed by atoms with Gasteiger partial charge in [-0.25, -0.2) is 0 Å². The molecule has 218 valence electrons. The van der Waals surface area contributed by atoms with Gasteiger partial charge >= 0.3 is 0 Å². The number of hydrogen-bond acceptors (Lipinski definition) is 2. The largest absolute Gasteiger partial charge is 0.334 e. The molecule has 0 saturated carbocycles. The minimum Gasteiger partial charge on any atom is -0.334 e. The van der Waals surface area contributed by atoms with Crippen LogP contribution in [0, 0.1) is 0 Å². The average Bonchev–Trinajstić information content (AvgIpc) is 3.62. The molecule has 0 N–H and O–H groups in total. The molecule has 5 aromatic rings. The van der Waals surface area contributed by atoms with Crippen molar-refractivity contribution in [3.8, 4) is 0 Å². The van der Waals surface area contributed by atoms with Crippen molar-refractivity contribution in [3.63, 3.8) is 0 Å². The molecule has 4 aliphatic rings. The number of fused-ring (bicyclic) bond motifs is 6. The Morgan fingerprint density at radius 1 is 0.622 bits per heavy atom. The number of benzene rings is 4. The molecule has 3 atom stereocenters. The van der Waals surface area contributed by atoms with E-state index in [0.717, 1.165) is 24.9 Å². The first kappa shape index (κ1) is 26.2. The van der Waals surface area contributed by atoms with Crippen molar-refractivity contribution in [3.05, 3.63) is 169 Å². The van der Waals surface area contributed by atoms with Crippen molar-refractivity contribution in [1.82, 2.24) is 4.57 Å². The summed E-state index contributed by atoms with van der Waals surface area (Å²) in [6.07, 6.45) is 28.3. The van der Waals surface area contributed by atoms with Crippen molar-refractivity contribution in [2.75, 3.05) is 9.80 Å². The first-order valence-corrected chi connectivity index (χ1v) is 16.2. The van der Waals surface area contributed by atoms with Gasteiger partial charge in [0.25, 0.3) is 0 Å². The second kappa shape index (κ2) is 10.7. The highest BCUT2D eigenvalue weighted by Gasteiger charge is 2.38. The number of anilines is 4. The maximum Gasteiger partial charge on any atom is 0.0629 e. The average molecular weight is 582 g/mol. The SMILES string of the molecule is C1=CCC(n2c3ccccc3c3cc(N(c4ccccc4)c4ccc5c(c4)C4C=CC=CC4N5C4=CCCC=C4)ccc32)C=C1. The Hall–Kier alpha value is -5.28. The zero-order valence-electron chi connectivity index (χ0n) is 25.2. The Bertz CT molecular complexity index is 2120. The smallest absolute Gasteiger partial charge is 0.0629 e. The lowest BCUT2D eigenvalue weighted by molar-refractivity contribution is 0.648. The minimum absolute atomic E-state index is 0.297. The highest BCUT2D eigenvalue weighted by Crippen LogP contribution is 2.49. The van der Waals surface area contributed by atoms with Gasteiger partial charge in [0, 0.05) is 56.2 Å². The van der Waals surface area contributed by atoms with Gasteiger partial charge in [-0.05, 0) is 85.5 Å². The lowest BCUT2D eigenvalue weighted by Gasteiger charge is -2.30. The molecule has 4 aromatic carbocycles. The third-order valence-corrected chi connectivity index (χ3v) is 9.80. The number of rotatable bonds is 5. The van der Waals surface area contributed by atoms with Crippen molar-refractivity contribution in [2.45, 2.75) is 37.3 Å². The molecule has 1 aliphatic heterocycles. The van der Waals surface area contributed by atoms with Crippen LogP contribution in [0.2, 0.25) is 0 Å². The summed E-state index contributed by atoms with van der Waals surface area (Å²) < 4.78 is 2.52. The minimum atomic E-state index is 0.297. The predicted molar refractivity (Wildman–Crippen MR) is 190 cm³/mol.